The van der Waals surface area contributed by atoms with Gasteiger partial charge in [0.1, 0.15) is 5.69 Å². The third kappa shape index (κ3) is 3.67. The van der Waals surface area contributed by atoms with Crippen LogP contribution in [0.1, 0.15) is 47.2 Å². The molecule has 2 aromatic heterocycles. The Balaban J connectivity index is 1.94. The summed E-state index contributed by atoms with van der Waals surface area (Å²) in [4.78, 5) is 23.9. The highest BCUT2D eigenvalue weighted by Gasteiger charge is 2.29. The van der Waals surface area contributed by atoms with E-state index in [0.29, 0.717) is 29.3 Å². The van der Waals surface area contributed by atoms with Gasteiger partial charge in [0, 0.05) is 42.7 Å². The zero-order chi connectivity index (χ0) is 23.0. The number of benzene rings is 1. The highest BCUT2D eigenvalue weighted by atomic mass is 35.5. The number of hydrogen-bond donors (Lipinski definition) is 1. The Hall–Kier alpha value is -2.84. The summed E-state index contributed by atoms with van der Waals surface area (Å²) in [6.45, 7) is 2.23. The molecule has 9 heteroatoms. The van der Waals surface area contributed by atoms with Gasteiger partial charge in [-0.3, -0.25) is 9.48 Å². The van der Waals surface area contributed by atoms with E-state index in [0.717, 1.165) is 52.7 Å². The molecule has 1 aromatic carbocycles. The standard InChI is InChI=1S/C23H26ClN3O5/c1-13(29)32-11-5-6-14-15-8-9-16(24)19(21(15)26(2)22(14)23(30)31-3)20-17(12-28)25-27-10-4-7-18(20)27/h8-9,28H,4-7,10-12H2,1-3H3. The molecule has 0 fully saturated rings. The molecular formula is C23H26ClN3O5. The lowest BCUT2D eigenvalue weighted by atomic mass is 9.97. The maximum atomic E-state index is 12.7. The Morgan fingerprint density at radius 2 is 2.06 bits per heavy atom. The van der Waals surface area contributed by atoms with Gasteiger partial charge in [0.15, 0.2) is 0 Å². The van der Waals surface area contributed by atoms with Crippen molar-refractivity contribution < 1.29 is 24.2 Å². The topological polar surface area (TPSA) is 95.6 Å². The number of aryl methyl sites for hydroxylation is 3. The quantitative estimate of drug-likeness (QED) is 0.429. The Morgan fingerprint density at radius 1 is 1.28 bits per heavy atom. The lowest BCUT2D eigenvalue weighted by Crippen LogP contribution is -2.11. The second-order valence-corrected chi connectivity index (χ2v) is 8.30. The van der Waals surface area contributed by atoms with E-state index in [1.165, 1.54) is 14.0 Å². The predicted octanol–water partition coefficient (Wildman–Crippen LogP) is 3.42. The minimum Gasteiger partial charge on any atom is -0.466 e. The maximum absolute atomic E-state index is 12.7. The molecule has 0 spiro atoms. The van der Waals surface area contributed by atoms with Crippen LogP contribution in [0.15, 0.2) is 12.1 Å². The Morgan fingerprint density at radius 3 is 2.75 bits per heavy atom. The van der Waals surface area contributed by atoms with Crippen molar-refractivity contribution in [3.63, 3.8) is 0 Å². The van der Waals surface area contributed by atoms with Crippen molar-refractivity contribution in [2.75, 3.05) is 13.7 Å². The van der Waals surface area contributed by atoms with Gasteiger partial charge >= 0.3 is 11.9 Å². The summed E-state index contributed by atoms with van der Waals surface area (Å²) in [6.07, 6.45) is 2.91. The minimum absolute atomic E-state index is 0.203. The number of methoxy groups -OCH3 is 1. The van der Waals surface area contributed by atoms with E-state index in [2.05, 4.69) is 5.10 Å². The van der Waals surface area contributed by atoms with Crippen LogP contribution in [-0.2, 0) is 47.3 Å². The van der Waals surface area contributed by atoms with E-state index >= 15 is 0 Å². The van der Waals surface area contributed by atoms with Gasteiger partial charge in [-0.15, -0.1) is 0 Å². The van der Waals surface area contributed by atoms with Crippen molar-refractivity contribution in [1.29, 1.82) is 0 Å². The fourth-order valence-electron chi connectivity index (χ4n) is 4.70. The molecule has 0 saturated heterocycles. The number of carbonyl (C=O) groups is 2. The van der Waals surface area contributed by atoms with Gasteiger partial charge < -0.3 is 19.1 Å². The fourth-order valence-corrected chi connectivity index (χ4v) is 4.95. The second kappa shape index (κ2) is 8.96. The Bertz CT molecular complexity index is 1210. The summed E-state index contributed by atoms with van der Waals surface area (Å²) >= 11 is 6.73. The van der Waals surface area contributed by atoms with Gasteiger partial charge in [-0.25, -0.2) is 4.79 Å². The summed E-state index contributed by atoms with van der Waals surface area (Å²) in [5.74, 6) is -0.785. The number of ether oxygens (including phenoxy) is 2. The molecule has 0 saturated carbocycles. The van der Waals surface area contributed by atoms with Crippen LogP contribution in [0.25, 0.3) is 22.0 Å². The summed E-state index contributed by atoms with van der Waals surface area (Å²) < 4.78 is 13.9. The van der Waals surface area contributed by atoms with E-state index < -0.39 is 5.97 Å². The molecule has 8 nitrogen and oxygen atoms in total. The average molecular weight is 460 g/mol. The molecule has 0 radical (unpaired) electrons. The van der Waals surface area contributed by atoms with Crippen molar-refractivity contribution in [2.45, 2.75) is 45.8 Å². The number of aliphatic hydroxyl groups excluding tert-OH is 1. The summed E-state index contributed by atoms with van der Waals surface area (Å²) in [5, 5.41) is 16.0. The fraction of sp³-hybridized carbons (Fsp3) is 0.435. The summed E-state index contributed by atoms with van der Waals surface area (Å²) in [5.41, 5.74) is 5.25. The average Bonchev–Trinajstić information content (AvgIpc) is 3.43. The van der Waals surface area contributed by atoms with Gasteiger partial charge in [-0.1, -0.05) is 17.7 Å². The van der Waals surface area contributed by atoms with Crippen molar-refractivity contribution >= 4 is 34.4 Å². The maximum Gasteiger partial charge on any atom is 0.354 e. The molecule has 170 valence electrons. The monoisotopic (exact) mass is 459 g/mol. The van der Waals surface area contributed by atoms with Crippen LogP contribution >= 0.6 is 11.6 Å². The first-order chi connectivity index (χ1) is 15.4. The summed E-state index contributed by atoms with van der Waals surface area (Å²) in [7, 11) is 3.16. The van der Waals surface area contributed by atoms with E-state index in [9.17, 15) is 14.7 Å². The smallest absolute Gasteiger partial charge is 0.354 e. The van der Waals surface area contributed by atoms with Crippen LogP contribution in [0.5, 0.6) is 0 Å². The van der Waals surface area contributed by atoms with Crippen LogP contribution in [0, 0.1) is 0 Å². The number of aliphatic hydroxyl groups is 1. The number of hydrogen-bond acceptors (Lipinski definition) is 6. The van der Waals surface area contributed by atoms with E-state index in [1.807, 2.05) is 28.4 Å². The van der Waals surface area contributed by atoms with Crippen LogP contribution in [0.3, 0.4) is 0 Å². The first kappa shape index (κ1) is 22.4. The number of aromatic nitrogens is 3. The number of carbonyl (C=O) groups excluding carboxylic acids is 2. The molecule has 3 heterocycles. The molecule has 0 amide bonds. The van der Waals surface area contributed by atoms with E-state index in [4.69, 9.17) is 21.1 Å². The van der Waals surface area contributed by atoms with E-state index in [1.54, 1.807) is 0 Å². The molecule has 32 heavy (non-hydrogen) atoms. The highest BCUT2D eigenvalue weighted by molar-refractivity contribution is 6.35. The summed E-state index contributed by atoms with van der Waals surface area (Å²) in [6, 6.07) is 3.72. The third-order valence-electron chi connectivity index (χ3n) is 5.98. The number of esters is 2. The van der Waals surface area contributed by atoms with Crippen LogP contribution in [-0.4, -0.2) is 45.1 Å². The SMILES string of the molecule is COC(=O)c1c(CCCOC(C)=O)c2ccc(Cl)c(-c3c(CO)nn4c3CCC4)c2n1C. The zero-order valence-electron chi connectivity index (χ0n) is 18.4. The molecule has 0 unspecified atom stereocenters. The molecule has 1 aliphatic rings. The van der Waals surface area contributed by atoms with Gasteiger partial charge in [0.25, 0.3) is 0 Å². The second-order valence-electron chi connectivity index (χ2n) is 7.89. The van der Waals surface area contributed by atoms with Gasteiger partial charge in [0.05, 0.1) is 36.6 Å². The number of fused-ring (bicyclic) bond motifs is 2. The highest BCUT2D eigenvalue weighted by Crippen LogP contribution is 2.43. The molecule has 1 N–H and O–H groups in total. The van der Waals surface area contributed by atoms with Crippen LogP contribution in [0.2, 0.25) is 5.02 Å². The lowest BCUT2D eigenvalue weighted by molar-refractivity contribution is -0.141. The minimum atomic E-state index is -0.448. The van der Waals surface area contributed by atoms with Crippen molar-refractivity contribution in [2.24, 2.45) is 7.05 Å². The molecule has 0 aliphatic carbocycles. The zero-order valence-corrected chi connectivity index (χ0v) is 19.2. The first-order valence-corrected chi connectivity index (χ1v) is 11.0. The number of nitrogens with zero attached hydrogens (tertiary/aromatic N) is 3. The molecule has 4 rings (SSSR count). The third-order valence-corrected chi connectivity index (χ3v) is 6.29. The molecule has 0 bridgehead atoms. The molecule has 0 atom stereocenters. The Kier molecular flexibility index (Phi) is 6.26. The first-order valence-electron chi connectivity index (χ1n) is 10.6. The van der Waals surface area contributed by atoms with Gasteiger partial charge in [-0.2, -0.15) is 5.10 Å². The molecule has 1 aliphatic heterocycles. The van der Waals surface area contributed by atoms with Crippen molar-refractivity contribution in [1.82, 2.24) is 14.3 Å². The normalized spacial score (nSPS) is 12.9. The van der Waals surface area contributed by atoms with Gasteiger partial charge in [0.2, 0.25) is 0 Å². The van der Waals surface area contributed by atoms with Crippen LogP contribution in [0.4, 0.5) is 0 Å². The van der Waals surface area contributed by atoms with Gasteiger partial charge in [-0.05, 0) is 37.3 Å². The van der Waals surface area contributed by atoms with E-state index in [-0.39, 0.29) is 19.2 Å². The number of rotatable bonds is 7. The lowest BCUT2D eigenvalue weighted by Gasteiger charge is -2.11. The molecular weight excluding hydrogens is 434 g/mol. The number of halogens is 1. The largest absolute Gasteiger partial charge is 0.466 e. The van der Waals surface area contributed by atoms with Crippen molar-refractivity contribution in [3.8, 4) is 11.1 Å². The Labute approximate surface area is 190 Å². The van der Waals surface area contributed by atoms with Crippen molar-refractivity contribution in [3.05, 3.63) is 39.8 Å². The molecule has 3 aromatic rings. The predicted molar refractivity (Wildman–Crippen MR) is 120 cm³/mol. The van der Waals surface area contributed by atoms with Crippen LogP contribution < -0.4 is 0 Å².